The van der Waals surface area contributed by atoms with E-state index in [-0.39, 0.29) is 35.3 Å². The van der Waals surface area contributed by atoms with Gasteiger partial charge in [0.1, 0.15) is 0 Å². The highest BCUT2D eigenvalue weighted by atomic mass is 35.5. The molecule has 0 heterocycles. The molecule has 8 heteroatoms. The number of nitro benzene ring substituents is 1. The van der Waals surface area contributed by atoms with Crippen molar-refractivity contribution < 1.29 is 19.6 Å². The molecule has 2 rings (SSSR count). The highest BCUT2D eigenvalue weighted by Gasteiger charge is 2.34. The first kappa shape index (κ1) is 15.2. The predicted molar refractivity (Wildman–Crippen MR) is 74.4 cm³/mol. The van der Waals surface area contributed by atoms with Crippen LogP contribution in [0.25, 0.3) is 0 Å². The summed E-state index contributed by atoms with van der Waals surface area (Å²) in [5.74, 6) is -1.47. The van der Waals surface area contributed by atoms with Crippen molar-refractivity contribution >= 4 is 29.2 Å². The highest BCUT2D eigenvalue weighted by Crippen LogP contribution is 2.31. The number of carbonyl (C=O) groups is 2. The fourth-order valence-electron chi connectivity index (χ4n) is 2.00. The van der Waals surface area contributed by atoms with Crippen molar-refractivity contribution in [1.82, 2.24) is 4.90 Å². The summed E-state index contributed by atoms with van der Waals surface area (Å²) in [5, 5.41) is 19.6. The molecule has 1 aromatic carbocycles. The molecule has 1 aromatic rings. The Hall–Kier alpha value is -2.15. The minimum Gasteiger partial charge on any atom is -0.481 e. The van der Waals surface area contributed by atoms with E-state index in [1.165, 1.54) is 17.0 Å². The van der Waals surface area contributed by atoms with Crippen molar-refractivity contribution in [2.45, 2.75) is 25.3 Å². The molecular formula is C13H13ClN2O5. The number of hydrogen-bond donors (Lipinski definition) is 1. The number of carbonyl (C=O) groups excluding carboxylic acids is 1. The number of carboxylic acid groups (broad SMARTS) is 1. The molecular weight excluding hydrogens is 300 g/mol. The van der Waals surface area contributed by atoms with Crippen LogP contribution in [0.1, 0.15) is 29.6 Å². The monoisotopic (exact) mass is 312 g/mol. The van der Waals surface area contributed by atoms with Gasteiger partial charge in [0, 0.05) is 24.7 Å². The van der Waals surface area contributed by atoms with Gasteiger partial charge in [0.2, 0.25) is 0 Å². The maximum atomic E-state index is 12.5. The molecule has 0 bridgehead atoms. The van der Waals surface area contributed by atoms with Crippen molar-refractivity contribution in [2.24, 2.45) is 0 Å². The second kappa shape index (κ2) is 6.09. The molecule has 112 valence electrons. The van der Waals surface area contributed by atoms with Gasteiger partial charge in [-0.3, -0.25) is 19.7 Å². The molecule has 1 saturated carbocycles. The Kier molecular flexibility index (Phi) is 4.42. The summed E-state index contributed by atoms with van der Waals surface area (Å²) in [6, 6.07) is 3.64. The van der Waals surface area contributed by atoms with Crippen LogP contribution in [-0.2, 0) is 4.79 Å². The molecule has 0 aromatic heterocycles. The van der Waals surface area contributed by atoms with Gasteiger partial charge in [-0.15, -0.1) is 0 Å². The lowest BCUT2D eigenvalue weighted by Gasteiger charge is -2.22. The summed E-state index contributed by atoms with van der Waals surface area (Å²) in [6.07, 6.45) is 1.44. The van der Waals surface area contributed by atoms with Gasteiger partial charge in [-0.2, -0.15) is 0 Å². The third-order valence-corrected chi connectivity index (χ3v) is 3.54. The first-order valence-electron chi connectivity index (χ1n) is 6.37. The summed E-state index contributed by atoms with van der Waals surface area (Å²) >= 11 is 5.94. The van der Waals surface area contributed by atoms with Crippen molar-refractivity contribution in [2.75, 3.05) is 6.54 Å². The lowest BCUT2D eigenvalue weighted by atomic mass is 10.1. The van der Waals surface area contributed by atoms with E-state index >= 15 is 0 Å². The van der Waals surface area contributed by atoms with Gasteiger partial charge in [0.25, 0.3) is 11.6 Å². The molecule has 0 atom stereocenters. The summed E-state index contributed by atoms with van der Waals surface area (Å²) in [4.78, 5) is 34.7. The maximum Gasteiger partial charge on any atom is 0.305 e. The minimum atomic E-state index is -1.00. The van der Waals surface area contributed by atoms with Crippen LogP contribution in [0.5, 0.6) is 0 Å². The van der Waals surface area contributed by atoms with E-state index in [1.54, 1.807) is 0 Å². The van der Waals surface area contributed by atoms with E-state index < -0.39 is 16.8 Å². The minimum absolute atomic E-state index is 0.00724. The van der Waals surface area contributed by atoms with Crippen LogP contribution < -0.4 is 0 Å². The molecule has 1 amide bonds. The molecule has 1 fully saturated rings. The van der Waals surface area contributed by atoms with Crippen molar-refractivity contribution in [3.8, 4) is 0 Å². The van der Waals surface area contributed by atoms with Gasteiger partial charge in [-0.1, -0.05) is 11.6 Å². The first-order valence-corrected chi connectivity index (χ1v) is 6.74. The van der Waals surface area contributed by atoms with Crippen molar-refractivity contribution in [1.29, 1.82) is 0 Å². The van der Waals surface area contributed by atoms with Crippen molar-refractivity contribution in [3.63, 3.8) is 0 Å². The number of nitro groups is 1. The molecule has 21 heavy (non-hydrogen) atoms. The molecule has 0 saturated heterocycles. The number of nitrogens with zero attached hydrogens (tertiary/aromatic N) is 2. The smallest absolute Gasteiger partial charge is 0.305 e. The number of hydrogen-bond acceptors (Lipinski definition) is 4. The Morgan fingerprint density at radius 1 is 1.43 bits per heavy atom. The number of aliphatic carboxylic acids is 1. The maximum absolute atomic E-state index is 12.5. The topological polar surface area (TPSA) is 101 Å². The molecule has 0 radical (unpaired) electrons. The molecule has 0 aliphatic heterocycles. The van der Waals surface area contributed by atoms with Crippen LogP contribution in [0.4, 0.5) is 5.69 Å². The first-order chi connectivity index (χ1) is 9.90. The summed E-state index contributed by atoms with van der Waals surface area (Å²) in [6.45, 7) is 0.0673. The van der Waals surface area contributed by atoms with Gasteiger partial charge in [0.05, 0.1) is 21.9 Å². The van der Waals surface area contributed by atoms with E-state index in [0.717, 1.165) is 18.9 Å². The number of halogens is 1. The zero-order chi connectivity index (χ0) is 15.6. The van der Waals surface area contributed by atoms with Gasteiger partial charge in [-0.25, -0.2) is 0 Å². The average Bonchev–Trinajstić information content (AvgIpc) is 3.23. The number of carboxylic acids is 1. The second-order valence-electron chi connectivity index (χ2n) is 4.79. The van der Waals surface area contributed by atoms with Gasteiger partial charge in [0.15, 0.2) is 0 Å². The normalized spacial score (nSPS) is 13.8. The Bertz CT molecular complexity index is 600. The number of benzene rings is 1. The summed E-state index contributed by atoms with van der Waals surface area (Å²) < 4.78 is 0. The Morgan fingerprint density at radius 2 is 2.10 bits per heavy atom. The van der Waals surface area contributed by atoms with Gasteiger partial charge >= 0.3 is 5.97 Å². The van der Waals surface area contributed by atoms with Crippen molar-refractivity contribution in [3.05, 3.63) is 38.9 Å². The fraction of sp³-hybridized carbons (Fsp3) is 0.385. The zero-order valence-corrected chi connectivity index (χ0v) is 11.7. The third-order valence-electron chi connectivity index (χ3n) is 3.21. The zero-order valence-electron chi connectivity index (χ0n) is 11.0. The van der Waals surface area contributed by atoms with E-state index in [4.69, 9.17) is 16.7 Å². The molecule has 1 aliphatic carbocycles. The van der Waals surface area contributed by atoms with E-state index in [2.05, 4.69) is 0 Å². The van der Waals surface area contributed by atoms with Crippen LogP contribution in [0.3, 0.4) is 0 Å². The lowest BCUT2D eigenvalue weighted by Crippen LogP contribution is -2.35. The fourth-order valence-corrected chi connectivity index (χ4v) is 2.20. The quantitative estimate of drug-likeness (QED) is 0.641. The lowest BCUT2D eigenvalue weighted by molar-refractivity contribution is -0.384. The van der Waals surface area contributed by atoms with Gasteiger partial charge in [-0.05, 0) is 18.9 Å². The summed E-state index contributed by atoms with van der Waals surface area (Å²) in [7, 11) is 0. The molecule has 0 spiro atoms. The second-order valence-corrected chi connectivity index (χ2v) is 5.20. The molecule has 7 nitrogen and oxygen atoms in total. The third kappa shape index (κ3) is 3.69. The van der Waals surface area contributed by atoms with E-state index in [0.29, 0.717) is 0 Å². The Labute approximate surface area is 125 Å². The van der Waals surface area contributed by atoms with Crippen LogP contribution in [0.2, 0.25) is 5.02 Å². The van der Waals surface area contributed by atoms with E-state index in [9.17, 15) is 19.7 Å². The standard InChI is InChI=1S/C13H13ClN2O5/c14-11-4-3-9(16(20)21)7-10(11)13(19)15(8-1-2-8)6-5-12(17)18/h3-4,7-8H,1-2,5-6H2,(H,17,18). The largest absolute Gasteiger partial charge is 0.481 e. The SMILES string of the molecule is O=C(O)CCN(C(=O)c1cc([N+](=O)[O-])ccc1Cl)C1CC1. The summed E-state index contributed by atoms with van der Waals surface area (Å²) in [5.41, 5.74) is -0.195. The molecule has 1 N–H and O–H groups in total. The Balaban J connectivity index is 2.25. The van der Waals surface area contributed by atoms with E-state index in [1.807, 2.05) is 0 Å². The van der Waals surface area contributed by atoms with Crippen LogP contribution in [0, 0.1) is 10.1 Å². The predicted octanol–water partition coefficient (Wildman–Crippen LogP) is 2.33. The number of non-ortho nitro benzene ring substituents is 1. The highest BCUT2D eigenvalue weighted by molar-refractivity contribution is 6.34. The van der Waals surface area contributed by atoms with Gasteiger partial charge < -0.3 is 10.0 Å². The van der Waals surface area contributed by atoms with Crippen LogP contribution in [-0.4, -0.2) is 39.4 Å². The molecule has 0 unspecified atom stereocenters. The Morgan fingerprint density at radius 3 is 2.62 bits per heavy atom. The van der Waals surface area contributed by atoms with Crippen LogP contribution >= 0.6 is 11.6 Å². The number of amides is 1. The van der Waals surface area contributed by atoms with Crippen LogP contribution in [0.15, 0.2) is 18.2 Å². The molecule has 1 aliphatic rings. The average molecular weight is 313 g/mol. The number of rotatable bonds is 6.